The Kier molecular flexibility index (Phi) is 7.41. The van der Waals surface area contributed by atoms with E-state index in [2.05, 4.69) is 4.98 Å². The summed E-state index contributed by atoms with van der Waals surface area (Å²) in [5, 5.41) is 3.20. The molecular weight excluding hydrogens is 488 g/mol. The van der Waals surface area contributed by atoms with Crippen LogP contribution in [0.1, 0.15) is 50.3 Å². The van der Waals surface area contributed by atoms with E-state index in [1.165, 1.54) is 11.3 Å². The van der Waals surface area contributed by atoms with Gasteiger partial charge in [0, 0.05) is 35.2 Å². The standard InChI is InChI=1S/C29H32N2O5S/c1-8-21-13-24(32)22-11-19(9-10-25(22)35-21)20-12-26(37-16-20)31(28(33)36-29(4,5)6)15-23-18(3)27(34-7)17(2)14-30-23/h9-14,16H,8,15H2,1-7H3. The van der Waals surface area contributed by atoms with E-state index in [4.69, 9.17) is 13.9 Å². The van der Waals surface area contributed by atoms with Gasteiger partial charge in [0.05, 0.1) is 24.7 Å². The van der Waals surface area contributed by atoms with E-state index in [9.17, 15) is 9.59 Å². The van der Waals surface area contributed by atoms with Crippen molar-refractivity contribution >= 4 is 33.4 Å². The highest BCUT2D eigenvalue weighted by molar-refractivity contribution is 7.14. The van der Waals surface area contributed by atoms with E-state index < -0.39 is 11.7 Å². The highest BCUT2D eigenvalue weighted by Crippen LogP contribution is 2.35. The average Bonchev–Trinajstić information content (AvgIpc) is 3.32. The molecule has 4 rings (SSSR count). The topological polar surface area (TPSA) is 81.9 Å². The fourth-order valence-electron chi connectivity index (χ4n) is 4.11. The highest BCUT2D eigenvalue weighted by atomic mass is 32.1. The van der Waals surface area contributed by atoms with Crippen molar-refractivity contribution in [3.8, 4) is 16.9 Å². The second-order valence-corrected chi connectivity index (χ2v) is 10.8. The molecular formula is C29H32N2O5S. The fourth-order valence-corrected chi connectivity index (χ4v) is 5.02. The number of thiophene rings is 1. The minimum atomic E-state index is -0.660. The molecule has 0 fully saturated rings. The number of aryl methyl sites for hydroxylation is 2. The first-order chi connectivity index (χ1) is 17.5. The number of aromatic nitrogens is 1. The molecule has 0 aliphatic heterocycles. The molecule has 0 radical (unpaired) electrons. The van der Waals surface area contributed by atoms with Crippen molar-refractivity contribution in [1.82, 2.24) is 4.98 Å². The Morgan fingerprint density at radius 3 is 2.57 bits per heavy atom. The first-order valence-corrected chi connectivity index (χ1v) is 13.0. The van der Waals surface area contributed by atoms with Gasteiger partial charge in [-0.3, -0.25) is 14.7 Å². The zero-order valence-corrected chi connectivity index (χ0v) is 23.1. The van der Waals surface area contributed by atoms with E-state index in [-0.39, 0.29) is 12.0 Å². The predicted molar refractivity (Wildman–Crippen MR) is 148 cm³/mol. The lowest BCUT2D eigenvalue weighted by Crippen LogP contribution is -2.36. The molecule has 7 nitrogen and oxygen atoms in total. The molecule has 0 saturated heterocycles. The van der Waals surface area contributed by atoms with Crippen LogP contribution in [-0.4, -0.2) is 23.8 Å². The number of ether oxygens (including phenoxy) is 2. The molecule has 0 unspecified atom stereocenters. The molecule has 3 heterocycles. The third-order valence-electron chi connectivity index (χ3n) is 5.98. The molecule has 0 saturated carbocycles. The minimum Gasteiger partial charge on any atom is -0.496 e. The molecule has 1 amide bonds. The van der Waals surface area contributed by atoms with Gasteiger partial charge in [-0.2, -0.15) is 0 Å². The summed E-state index contributed by atoms with van der Waals surface area (Å²) in [6.07, 6.45) is 1.94. The van der Waals surface area contributed by atoms with Crippen LogP contribution in [0.2, 0.25) is 0 Å². The van der Waals surface area contributed by atoms with Crippen LogP contribution in [0.25, 0.3) is 22.1 Å². The third kappa shape index (κ3) is 5.69. The van der Waals surface area contributed by atoms with Gasteiger partial charge in [0.1, 0.15) is 27.7 Å². The van der Waals surface area contributed by atoms with Gasteiger partial charge >= 0.3 is 6.09 Å². The normalized spacial score (nSPS) is 11.5. The molecule has 0 atom stereocenters. The largest absolute Gasteiger partial charge is 0.496 e. The Balaban J connectivity index is 1.73. The number of amides is 1. The Hall–Kier alpha value is -3.65. The summed E-state index contributed by atoms with van der Waals surface area (Å²) in [6.45, 7) is 11.6. The van der Waals surface area contributed by atoms with E-state index in [1.54, 1.807) is 24.3 Å². The summed E-state index contributed by atoms with van der Waals surface area (Å²) in [4.78, 5) is 32.1. The van der Waals surface area contributed by atoms with Gasteiger partial charge in [-0.1, -0.05) is 13.0 Å². The molecule has 0 aliphatic carbocycles. The van der Waals surface area contributed by atoms with Gasteiger partial charge in [-0.25, -0.2) is 4.79 Å². The summed E-state index contributed by atoms with van der Waals surface area (Å²) < 4.78 is 17.1. The number of carbonyl (C=O) groups is 1. The van der Waals surface area contributed by atoms with Gasteiger partial charge < -0.3 is 13.9 Å². The maximum Gasteiger partial charge on any atom is 0.415 e. The smallest absolute Gasteiger partial charge is 0.415 e. The van der Waals surface area contributed by atoms with Crippen LogP contribution in [0, 0.1) is 13.8 Å². The van der Waals surface area contributed by atoms with Gasteiger partial charge in [-0.05, 0) is 63.9 Å². The molecule has 37 heavy (non-hydrogen) atoms. The molecule has 3 aromatic heterocycles. The quantitative estimate of drug-likeness (QED) is 0.271. The van der Waals surface area contributed by atoms with Gasteiger partial charge in [0.25, 0.3) is 0 Å². The van der Waals surface area contributed by atoms with Crippen LogP contribution in [0.4, 0.5) is 9.80 Å². The summed E-state index contributed by atoms with van der Waals surface area (Å²) in [5.74, 6) is 1.41. The number of benzene rings is 1. The van der Waals surface area contributed by atoms with E-state index in [0.29, 0.717) is 28.2 Å². The summed E-state index contributed by atoms with van der Waals surface area (Å²) in [7, 11) is 1.63. The number of rotatable bonds is 6. The number of carbonyl (C=O) groups excluding carboxylic acids is 1. The summed E-state index contributed by atoms with van der Waals surface area (Å²) in [5.41, 5.74) is 4.11. The van der Waals surface area contributed by atoms with Crippen molar-refractivity contribution in [2.45, 2.75) is 60.1 Å². The third-order valence-corrected chi connectivity index (χ3v) is 6.93. The predicted octanol–water partition coefficient (Wildman–Crippen LogP) is 7.05. The monoisotopic (exact) mass is 520 g/mol. The zero-order chi connectivity index (χ0) is 26.9. The van der Waals surface area contributed by atoms with Crippen molar-refractivity contribution in [2.24, 2.45) is 0 Å². The lowest BCUT2D eigenvalue weighted by Gasteiger charge is -2.27. The lowest BCUT2D eigenvalue weighted by molar-refractivity contribution is 0.0578. The Bertz CT molecular complexity index is 1510. The summed E-state index contributed by atoms with van der Waals surface area (Å²) in [6, 6.07) is 9.05. The first-order valence-electron chi connectivity index (χ1n) is 12.2. The van der Waals surface area contributed by atoms with Crippen LogP contribution in [-0.2, 0) is 17.7 Å². The number of hydrogen-bond acceptors (Lipinski definition) is 7. The molecule has 0 spiro atoms. The van der Waals surface area contributed by atoms with E-state index in [0.717, 1.165) is 33.7 Å². The second-order valence-electron chi connectivity index (χ2n) is 9.93. The van der Waals surface area contributed by atoms with Crippen molar-refractivity contribution < 1.29 is 18.7 Å². The zero-order valence-electron chi connectivity index (χ0n) is 22.3. The first kappa shape index (κ1) is 26.4. The molecule has 1 aromatic carbocycles. The van der Waals surface area contributed by atoms with Crippen molar-refractivity contribution in [1.29, 1.82) is 0 Å². The number of fused-ring (bicyclic) bond motifs is 1. The van der Waals surface area contributed by atoms with Gasteiger partial charge in [-0.15, -0.1) is 11.3 Å². The molecule has 4 aromatic rings. The molecule has 0 aliphatic rings. The van der Waals surface area contributed by atoms with Gasteiger partial charge in [0.2, 0.25) is 0 Å². The Labute approximate surface area is 220 Å². The van der Waals surface area contributed by atoms with Crippen molar-refractivity contribution in [3.63, 3.8) is 0 Å². The van der Waals surface area contributed by atoms with Crippen LogP contribution in [0.5, 0.6) is 5.75 Å². The molecule has 8 heteroatoms. The number of hydrogen-bond donors (Lipinski definition) is 0. The van der Waals surface area contributed by atoms with E-state index >= 15 is 0 Å². The number of methoxy groups -OCH3 is 1. The molecule has 0 bridgehead atoms. The van der Waals surface area contributed by atoms with Crippen LogP contribution in [0.3, 0.4) is 0 Å². The molecule has 194 valence electrons. The van der Waals surface area contributed by atoms with Crippen LogP contribution < -0.4 is 15.1 Å². The number of anilines is 1. The highest BCUT2D eigenvalue weighted by Gasteiger charge is 2.26. The number of nitrogens with zero attached hydrogens (tertiary/aromatic N) is 2. The Morgan fingerprint density at radius 2 is 1.89 bits per heavy atom. The van der Waals surface area contributed by atoms with Crippen molar-refractivity contribution in [3.05, 3.63) is 74.7 Å². The summed E-state index contributed by atoms with van der Waals surface area (Å²) >= 11 is 1.43. The average molecular weight is 521 g/mol. The number of pyridine rings is 1. The van der Waals surface area contributed by atoms with Gasteiger partial charge in [0.15, 0.2) is 5.43 Å². The van der Waals surface area contributed by atoms with Crippen LogP contribution >= 0.6 is 11.3 Å². The van der Waals surface area contributed by atoms with E-state index in [1.807, 2.05) is 71.2 Å². The second kappa shape index (κ2) is 10.4. The maximum absolute atomic E-state index is 13.3. The molecule has 0 N–H and O–H groups in total. The minimum absolute atomic E-state index is 0.0688. The van der Waals surface area contributed by atoms with Crippen LogP contribution in [0.15, 0.2) is 51.1 Å². The Morgan fingerprint density at radius 1 is 1.14 bits per heavy atom. The lowest BCUT2D eigenvalue weighted by atomic mass is 10.1. The fraction of sp³-hybridized carbons (Fsp3) is 0.345. The SMILES string of the molecule is CCc1cc(=O)c2cc(-c3csc(N(Cc4ncc(C)c(OC)c4C)C(=O)OC(C)(C)C)c3)ccc2o1. The maximum atomic E-state index is 13.3. The van der Waals surface area contributed by atoms with Crippen molar-refractivity contribution in [2.75, 3.05) is 12.0 Å².